The molecule has 1 aliphatic heterocycles. The maximum atomic E-state index is 6.09. The monoisotopic (exact) mass is 531 g/mol. The molecule has 0 spiro atoms. The number of rotatable bonds is 8. The lowest BCUT2D eigenvalue weighted by Gasteiger charge is -2.35. The Morgan fingerprint density at radius 3 is 2.33 bits per heavy atom. The van der Waals surface area contributed by atoms with Crippen LogP contribution in [-0.4, -0.2) is 74.2 Å². The van der Waals surface area contributed by atoms with Crippen LogP contribution in [0.15, 0.2) is 29.3 Å². The maximum Gasteiger partial charge on any atom is 0.191 e. The molecular formula is C23H42IN5O. The molecule has 1 aromatic carbocycles. The fourth-order valence-corrected chi connectivity index (χ4v) is 3.54. The van der Waals surface area contributed by atoms with E-state index in [4.69, 9.17) is 4.74 Å². The smallest absolute Gasteiger partial charge is 0.191 e. The molecule has 0 aliphatic carbocycles. The van der Waals surface area contributed by atoms with Crippen LogP contribution in [0.1, 0.15) is 40.2 Å². The van der Waals surface area contributed by atoms with Crippen molar-refractivity contribution in [2.45, 2.75) is 46.8 Å². The lowest BCUT2D eigenvalue weighted by atomic mass is 10.1. The fourth-order valence-electron chi connectivity index (χ4n) is 3.54. The summed E-state index contributed by atoms with van der Waals surface area (Å²) in [6.07, 6.45) is 0. The summed E-state index contributed by atoms with van der Waals surface area (Å²) in [6, 6.07) is 8.18. The number of likely N-dealkylation sites (N-methyl/N-ethyl adjacent to an activating group) is 1. The van der Waals surface area contributed by atoms with Crippen molar-refractivity contribution in [3.8, 4) is 5.75 Å². The van der Waals surface area contributed by atoms with E-state index in [9.17, 15) is 0 Å². The molecule has 1 heterocycles. The van der Waals surface area contributed by atoms with E-state index in [1.807, 2.05) is 25.2 Å². The maximum absolute atomic E-state index is 6.09. The van der Waals surface area contributed by atoms with Crippen molar-refractivity contribution in [1.29, 1.82) is 0 Å². The molecule has 0 radical (unpaired) electrons. The number of halogens is 1. The highest BCUT2D eigenvalue weighted by Gasteiger charge is 2.18. The average molecular weight is 532 g/mol. The molecule has 1 saturated heterocycles. The van der Waals surface area contributed by atoms with Crippen LogP contribution in [-0.2, 0) is 6.54 Å². The van der Waals surface area contributed by atoms with Gasteiger partial charge in [0.25, 0.3) is 0 Å². The molecule has 0 bridgehead atoms. The number of hydrogen-bond acceptors (Lipinski definition) is 4. The summed E-state index contributed by atoms with van der Waals surface area (Å²) < 4.78 is 6.09. The minimum Gasteiger partial charge on any atom is -0.488 e. The molecule has 172 valence electrons. The second-order valence-corrected chi connectivity index (χ2v) is 8.97. The Balaban J connectivity index is 0.00000450. The third-order valence-electron chi connectivity index (χ3n) is 5.16. The molecule has 7 heteroatoms. The fraction of sp³-hybridized carbons (Fsp3) is 0.696. The number of piperazine rings is 1. The zero-order valence-electron chi connectivity index (χ0n) is 19.7. The Hall–Kier alpha value is -1.06. The van der Waals surface area contributed by atoms with Crippen LogP contribution in [0.3, 0.4) is 0 Å². The van der Waals surface area contributed by atoms with Gasteiger partial charge in [-0.2, -0.15) is 0 Å². The summed E-state index contributed by atoms with van der Waals surface area (Å²) >= 11 is 0. The molecule has 1 atom stereocenters. The van der Waals surface area contributed by atoms with Crippen molar-refractivity contribution in [1.82, 2.24) is 20.4 Å². The molecule has 1 fully saturated rings. The minimum atomic E-state index is -0.214. The van der Waals surface area contributed by atoms with Gasteiger partial charge in [0, 0.05) is 58.4 Å². The summed E-state index contributed by atoms with van der Waals surface area (Å²) in [5, 5.41) is 6.90. The molecule has 30 heavy (non-hydrogen) atoms. The second kappa shape index (κ2) is 13.4. The van der Waals surface area contributed by atoms with Gasteiger partial charge < -0.3 is 25.2 Å². The highest BCUT2D eigenvalue weighted by atomic mass is 127. The molecule has 0 saturated carbocycles. The first-order valence-electron chi connectivity index (χ1n) is 11.0. The van der Waals surface area contributed by atoms with E-state index < -0.39 is 0 Å². The van der Waals surface area contributed by atoms with Crippen LogP contribution < -0.4 is 15.4 Å². The molecule has 1 unspecified atom stereocenters. The van der Waals surface area contributed by atoms with Gasteiger partial charge in [0.1, 0.15) is 11.4 Å². The lowest BCUT2D eigenvalue weighted by molar-refractivity contribution is 0.124. The number of nitrogens with one attached hydrogen (secondary N) is 2. The molecule has 6 nitrogen and oxygen atoms in total. The van der Waals surface area contributed by atoms with Crippen LogP contribution in [0.4, 0.5) is 0 Å². The van der Waals surface area contributed by atoms with Crippen molar-refractivity contribution in [3.63, 3.8) is 0 Å². The SMILES string of the molecule is CCN1CCN(CC(C)CNC(=NC)NCc2ccccc2OC(C)(C)C)CC1.I. The second-order valence-electron chi connectivity index (χ2n) is 8.97. The van der Waals surface area contributed by atoms with E-state index in [1.54, 1.807) is 0 Å². The molecule has 2 N–H and O–H groups in total. The van der Waals surface area contributed by atoms with E-state index in [2.05, 4.69) is 66.1 Å². The molecular weight excluding hydrogens is 489 g/mol. The first-order chi connectivity index (χ1) is 13.8. The van der Waals surface area contributed by atoms with Gasteiger partial charge in [0.05, 0.1) is 0 Å². The van der Waals surface area contributed by atoms with Gasteiger partial charge >= 0.3 is 0 Å². The zero-order chi connectivity index (χ0) is 21.3. The number of nitrogens with zero attached hydrogens (tertiary/aromatic N) is 3. The first kappa shape index (κ1) is 27.0. The number of hydrogen-bond donors (Lipinski definition) is 2. The van der Waals surface area contributed by atoms with Gasteiger partial charge in [-0.1, -0.05) is 32.0 Å². The van der Waals surface area contributed by atoms with Crippen LogP contribution in [0.25, 0.3) is 0 Å². The lowest BCUT2D eigenvalue weighted by Crippen LogP contribution is -2.48. The van der Waals surface area contributed by atoms with E-state index in [1.165, 1.54) is 26.2 Å². The minimum absolute atomic E-state index is 0. The van der Waals surface area contributed by atoms with E-state index in [0.29, 0.717) is 12.5 Å². The highest BCUT2D eigenvalue weighted by molar-refractivity contribution is 14.0. The Morgan fingerprint density at radius 1 is 1.10 bits per heavy atom. The summed E-state index contributed by atoms with van der Waals surface area (Å²) in [4.78, 5) is 9.48. The van der Waals surface area contributed by atoms with Crippen molar-refractivity contribution >= 4 is 29.9 Å². The Labute approximate surface area is 200 Å². The molecule has 1 aromatic rings. The first-order valence-corrected chi connectivity index (χ1v) is 11.0. The third kappa shape index (κ3) is 9.83. The number of ether oxygens (including phenoxy) is 1. The van der Waals surface area contributed by atoms with Crippen molar-refractivity contribution < 1.29 is 4.74 Å². The van der Waals surface area contributed by atoms with E-state index >= 15 is 0 Å². The van der Waals surface area contributed by atoms with Crippen LogP contribution >= 0.6 is 24.0 Å². The number of aliphatic imine (C=N–C) groups is 1. The zero-order valence-corrected chi connectivity index (χ0v) is 22.0. The number of benzene rings is 1. The van der Waals surface area contributed by atoms with Gasteiger partial charge in [0.2, 0.25) is 0 Å². The largest absolute Gasteiger partial charge is 0.488 e. The van der Waals surface area contributed by atoms with Crippen LogP contribution in [0.2, 0.25) is 0 Å². The Morgan fingerprint density at radius 2 is 1.73 bits per heavy atom. The van der Waals surface area contributed by atoms with Gasteiger partial charge in [-0.25, -0.2) is 0 Å². The van der Waals surface area contributed by atoms with Gasteiger partial charge in [-0.05, 0) is 39.3 Å². The number of guanidine groups is 1. The average Bonchev–Trinajstić information content (AvgIpc) is 2.68. The summed E-state index contributed by atoms with van der Waals surface area (Å²) in [5.74, 6) is 2.32. The summed E-state index contributed by atoms with van der Waals surface area (Å²) in [7, 11) is 1.82. The quantitative estimate of drug-likeness (QED) is 0.306. The predicted octanol–water partition coefficient (Wildman–Crippen LogP) is 3.42. The Kier molecular flexibility index (Phi) is 12.0. The van der Waals surface area contributed by atoms with E-state index in [-0.39, 0.29) is 29.6 Å². The summed E-state index contributed by atoms with van der Waals surface area (Å²) in [5.41, 5.74) is 0.917. The predicted molar refractivity (Wildman–Crippen MR) is 138 cm³/mol. The molecule has 0 aromatic heterocycles. The van der Waals surface area contributed by atoms with Crippen LogP contribution in [0, 0.1) is 5.92 Å². The van der Waals surface area contributed by atoms with Crippen molar-refractivity contribution in [2.75, 3.05) is 52.9 Å². The van der Waals surface area contributed by atoms with Gasteiger partial charge in [-0.3, -0.25) is 4.99 Å². The van der Waals surface area contributed by atoms with E-state index in [0.717, 1.165) is 36.9 Å². The number of para-hydroxylation sites is 1. The van der Waals surface area contributed by atoms with Crippen LogP contribution in [0.5, 0.6) is 5.75 Å². The van der Waals surface area contributed by atoms with Gasteiger partial charge in [-0.15, -0.1) is 24.0 Å². The molecule has 2 rings (SSSR count). The topological polar surface area (TPSA) is 52.1 Å². The standard InChI is InChI=1S/C23H41N5O.HI/c1-7-27-12-14-28(15-13-27)18-19(2)16-25-22(24-6)26-17-20-10-8-9-11-21(20)29-23(3,4)5;/h8-11,19H,7,12-18H2,1-6H3,(H2,24,25,26);1H. The third-order valence-corrected chi connectivity index (χ3v) is 5.16. The Bertz CT molecular complexity index is 639. The van der Waals surface area contributed by atoms with Gasteiger partial charge in [0.15, 0.2) is 5.96 Å². The van der Waals surface area contributed by atoms with Crippen molar-refractivity contribution in [3.05, 3.63) is 29.8 Å². The summed E-state index contributed by atoms with van der Waals surface area (Å²) in [6.45, 7) is 19.4. The molecule has 1 aliphatic rings. The van der Waals surface area contributed by atoms with Crippen molar-refractivity contribution in [2.24, 2.45) is 10.9 Å². The highest BCUT2D eigenvalue weighted by Crippen LogP contribution is 2.22. The molecule has 0 amide bonds. The normalized spacial score (nSPS) is 17.2.